The highest BCUT2D eigenvalue weighted by molar-refractivity contribution is 9.10. The van der Waals surface area contributed by atoms with Crippen LogP contribution in [0, 0.1) is 0 Å². The molecule has 2 rings (SSSR count). The Morgan fingerprint density at radius 3 is 2.73 bits per heavy atom. The number of para-hydroxylation sites is 1. The first-order valence-electron chi connectivity index (χ1n) is 4.64. The lowest BCUT2D eigenvalue weighted by molar-refractivity contribution is -0.137. The van der Waals surface area contributed by atoms with Gasteiger partial charge in [-0.05, 0) is 28.9 Å². The number of carbonyl (C=O) groups excluding carboxylic acids is 1. The standard InChI is InChI=1S/C11H12BrNO2/c1-11(15-3)7-5-4-6-8(12)9(7)13(2)10(11)14/h4-6H,1-3H3. The van der Waals surface area contributed by atoms with Crippen molar-refractivity contribution in [2.24, 2.45) is 0 Å². The first-order valence-corrected chi connectivity index (χ1v) is 5.44. The van der Waals surface area contributed by atoms with Crippen LogP contribution >= 0.6 is 15.9 Å². The molecule has 3 nitrogen and oxygen atoms in total. The van der Waals surface area contributed by atoms with E-state index in [0.717, 1.165) is 15.7 Å². The molecule has 0 bridgehead atoms. The first kappa shape index (κ1) is 10.6. The molecule has 1 heterocycles. The molecule has 1 unspecified atom stereocenters. The van der Waals surface area contributed by atoms with E-state index in [2.05, 4.69) is 15.9 Å². The zero-order valence-electron chi connectivity index (χ0n) is 8.87. The number of hydrogen-bond acceptors (Lipinski definition) is 2. The minimum atomic E-state index is -0.853. The van der Waals surface area contributed by atoms with Crippen LogP contribution in [0.4, 0.5) is 5.69 Å². The predicted molar refractivity (Wildman–Crippen MR) is 61.9 cm³/mol. The summed E-state index contributed by atoms with van der Waals surface area (Å²) in [6.45, 7) is 1.80. The van der Waals surface area contributed by atoms with Gasteiger partial charge in [0.1, 0.15) is 0 Å². The minimum absolute atomic E-state index is 0.0353. The molecule has 1 aliphatic heterocycles. The molecule has 0 N–H and O–H groups in total. The van der Waals surface area contributed by atoms with E-state index in [1.165, 1.54) is 0 Å². The normalized spacial score (nSPS) is 24.5. The third kappa shape index (κ3) is 1.25. The number of hydrogen-bond donors (Lipinski definition) is 0. The van der Waals surface area contributed by atoms with Gasteiger partial charge in [0.15, 0.2) is 5.60 Å². The van der Waals surface area contributed by atoms with Crippen molar-refractivity contribution in [3.05, 3.63) is 28.2 Å². The molecule has 0 fully saturated rings. The Kier molecular flexibility index (Phi) is 2.35. The highest BCUT2D eigenvalue weighted by atomic mass is 79.9. The van der Waals surface area contributed by atoms with Gasteiger partial charge in [-0.3, -0.25) is 4.79 Å². The van der Waals surface area contributed by atoms with Gasteiger partial charge in [0.05, 0.1) is 5.69 Å². The lowest BCUT2D eigenvalue weighted by Crippen LogP contribution is -2.37. The number of fused-ring (bicyclic) bond motifs is 1. The fourth-order valence-electron chi connectivity index (χ4n) is 1.98. The third-order valence-corrected chi connectivity index (χ3v) is 3.60. The number of halogens is 1. The molecule has 15 heavy (non-hydrogen) atoms. The van der Waals surface area contributed by atoms with E-state index in [4.69, 9.17) is 4.74 Å². The van der Waals surface area contributed by atoms with Gasteiger partial charge in [-0.1, -0.05) is 12.1 Å². The molecule has 0 aliphatic carbocycles. The highest BCUT2D eigenvalue weighted by Crippen LogP contribution is 2.44. The van der Waals surface area contributed by atoms with Crippen molar-refractivity contribution < 1.29 is 9.53 Å². The van der Waals surface area contributed by atoms with E-state index in [0.29, 0.717) is 0 Å². The second-order valence-electron chi connectivity index (χ2n) is 3.74. The van der Waals surface area contributed by atoms with Gasteiger partial charge in [0.25, 0.3) is 5.91 Å². The quantitative estimate of drug-likeness (QED) is 0.783. The molecule has 0 aromatic heterocycles. The average molecular weight is 270 g/mol. The average Bonchev–Trinajstić information content (AvgIpc) is 2.43. The number of nitrogens with zero attached hydrogens (tertiary/aromatic N) is 1. The Balaban J connectivity index is 2.71. The molecule has 0 spiro atoms. The number of benzene rings is 1. The molecule has 0 saturated carbocycles. The number of carbonyl (C=O) groups is 1. The molecule has 1 aliphatic rings. The van der Waals surface area contributed by atoms with Crippen LogP contribution in [0.2, 0.25) is 0 Å². The summed E-state index contributed by atoms with van der Waals surface area (Å²) in [6.07, 6.45) is 0. The summed E-state index contributed by atoms with van der Waals surface area (Å²) in [5.74, 6) is -0.0353. The maximum Gasteiger partial charge on any atom is 0.263 e. The molecule has 80 valence electrons. The van der Waals surface area contributed by atoms with Crippen LogP contribution < -0.4 is 4.90 Å². The number of ether oxygens (including phenoxy) is 1. The van der Waals surface area contributed by atoms with Crippen LogP contribution in [0.25, 0.3) is 0 Å². The molecular formula is C11H12BrNO2. The number of amides is 1. The van der Waals surface area contributed by atoms with Crippen molar-refractivity contribution in [1.82, 2.24) is 0 Å². The smallest absolute Gasteiger partial charge is 0.263 e. The van der Waals surface area contributed by atoms with E-state index in [-0.39, 0.29) is 5.91 Å². The Morgan fingerprint density at radius 2 is 2.13 bits per heavy atom. The van der Waals surface area contributed by atoms with Gasteiger partial charge in [-0.2, -0.15) is 0 Å². The number of likely N-dealkylation sites (N-methyl/N-ethyl adjacent to an activating group) is 1. The summed E-state index contributed by atoms with van der Waals surface area (Å²) < 4.78 is 6.26. The maximum absolute atomic E-state index is 12.0. The zero-order valence-corrected chi connectivity index (χ0v) is 10.5. The molecule has 0 radical (unpaired) electrons. The van der Waals surface area contributed by atoms with Crippen molar-refractivity contribution in [3.63, 3.8) is 0 Å². The monoisotopic (exact) mass is 269 g/mol. The van der Waals surface area contributed by atoms with Crippen molar-refractivity contribution in [2.45, 2.75) is 12.5 Å². The van der Waals surface area contributed by atoms with Crippen LogP contribution in [-0.4, -0.2) is 20.1 Å². The summed E-state index contributed by atoms with van der Waals surface area (Å²) in [5, 5.41) is 0. The van der Waals surface area contributed by atoms with Gasteiger partial charge in [-0.15, -0.1) is 0 Å². The van der Waals surface area contributed by atoms with Crippen molar-refractivity contribution >= 4 is 27.5 Å². The molecule has 1 atom stereocenters. The number of anilines is 1. The lowest BCUT2D eigenvalue weighted by atomic mass is 9.98. The Morgan fingerprint density at radius 1 is 1.47 bits per heavy atom. The van der Waals surface area contributed by atoms with Crippen molar-refractivity contribution in [1.29, 1.82) is 0 Å². The van der Waals surface area contributed by atoms with Gasteiger partial charge < -0.3 is 9.64 Å². The first-order chi connectivity index (χ1) is 7.02. The molecule has 0 saturated heterocycles. The van der Waals surface area contributed by atoms with E-state index in [1.54, 1.807) is 26.0 Å². The van der Waals surface area contributed by atoms with Crippen LogP contribution in [-0.2, 0) is 15.1 Å². The topological polar surface area (TPSA) is 29.5 Å². The third-order valence-electron chi connectivity index (χ3n) is 2.96. The Labute approximate surface area is 97.2 Å². The fraction of sp³-hybridized carbons (Fsp3) is 0.364. The van der Waals surface area contributed by atoms with E-state index in [9.17, 15) is 4.79 Å². The maximum atomic E-state index is 12.0. The van der Waals surface area contributed by atoms with Crippen LogP contribution in [0.1, 0.15) is 12.5 Å². The minimum Gasteiger partial charge on any atom is -0.364 e. The van der Waals surface area contributed by atoms with E-state index in [1.807, 2.05) is 18.2 Å². The van der Waals surface area contributed by atoms with Crippen molar-refractivity contribution in [2.75, 3.05) is 19.1 Å². The molecule has 1 amide bonds. The van der Waals surface area contributed by atoms with Gasteiger partial charge in [0, 0.05) is 24.2 Å². The Hall–Kier alpha value is -0.870. The van der Waals surface area contributed by atoms with Gasteiger partial charge >= 0.3 is 0 Å². The van der Waals surface area contributed by atoms with Crippen molar-refractivity contribution in [3.8, 4) is 0 Å². The fourth-order valence-corrected chi connectivity index (χ4v) is 2.61. The second-order valence-corrected chi connectivity index (χ2v) is 4.59. The summed E-state index contributed by atoms with van der Waals surface area (Å²) >= 11 is 3.45. The zero-order chi connectivity index (χ0) is 11.2. The Bertz CT molecular complexity index is 433. The highest BCUT2D eigenvalue weighted by Gasteiger charge is 2.47. The number of methoxy groups -OCH3 is 1. The van der Waals surface area contributed by atoms with Crippen LogP contribution in [0.3, 0.4) is 0 Å². The van der Waals surface area contributed by atoms with Crippen LogP contribution in [0.5, 0.6) is 0 Å². The molecular weight excluding hydrogens is 258 g/mol. The largest absolute Gasteiger partial charge is 0.364 e. The van der Waals surface area contributed by atoms with Gasteiger partial charge in [-0.25, -0.2) is 0 Å². The summed E-state index contributed by atoms with van der Waals surface area (Å²) in [4.78, 5) is 13.7. The summed E-state index contributed by atoms with van der Waals surface area (Å²) in [6, 6.07) is 5.75. The SMILES string of the molecule is COC1(C)C(=O)N(C)c2c(Br)cccc21. The lowest BCUT2D eigenvalue weighted by Gasteiger charge is -2.20. The van der Waals surface area contributed by atoms with E-state index >= 15 is 0 Å². The van der Waals surface area contributed by atoms with Crippen LogP contribution in [0.15, 0.2) is 22.7 Å². The molecule has 4 heteroatoms. The predicted octanol–water partition coefficient (Wildman–Crippen LogP) is 2.29. The summed E-state index contributed by atoms with van der Waals surface area (Å²) in [7, 11) is 3.32. The molecule has 1 aromatic carbocycles. The molecule has 1 aromatic rings. The van der Waals surface area contributed by atoms with Gasteiger partial charge in [0.2, 0.25) is 0 Å². The van der Waals surface area contributed by atoms with E-state index < -0.39 is 5.60 Å². The summed E-state index contributed by atoms with van der Waals surface area (Å²) in [5.41, 5.74) is 0.951. The number of rotatable bonds is 1. The second kappa shape index (κ2) is 3.32.